The lowest BCUT2D eigenvalue weighted by atomic mass is 10.2. The topological polar surface area (TPSA) is 65.4 Å². The van der Waals surface area contributed by atoms with Crippen LogP contribution in [0.4, 0.5) is 0 Å². The molecule has 1 aromatic heterocycles. The van der Waals surface area contributed by atoms with Gasteiger partial charge in [-0.25, -0.2) is 0 Å². The number of aryl methyl sites for hydroxylation is 1. The van der Waals surface area contributed by atoms with Crippen LogP contribution in [0.15, 0.2) is 36.7 Å². The molecule has 1 amide bonds. The second kappa shape index (κ2) is 6.98. The fourth-order valence-corrected chi connectivity index (χ4v) is 2.32. The molecule has 0 atom stereocenters. The number of benzene rings is 1. The number of hydrogen-bond donors (Lipinski definition) is 1. The molecule has 6 heteroatoms. The van der Waals surface area contributed by atoms with Crippen LogP contribution >= 0.6 is 0 Å². The average molecular weight is 301 g/mol. The minimum atomic E-state index is -0.0114. The molecule has 6 nitrogen and oxygen atoms in total. The molecule has 0 bridgehead atoms. The summed E-state index contributed by atoms with van der Waals surface area (Å²) in [6, 6.07) is 7.60. The summed E-state index contributed by atoms with van der Waals surface area (Å²) in [5.74, 6) is 1.48. The monoisotopic (exact) mass is 301 g/mol. The lowest BCUT2D eigenvalue weighted by Gasteiger charge is -2.13. The summed E-state index contributed by atoms with van der Waals surface area (Å²) in [5.41, 5.74) is 0.937. The minimum absolute atomic E-state index is 0.0114. The number of carbonyl (C=O) groups is 1. The van der Waals surface area contributed by atoms with E-state index in [9.17, 15) is 4.79 Å². The highest BCUT2D eigenvalue weighted by Crippen LogP contribution is 2.33. The van der Waals surface area contributed by atoms with Crippen molar-refractivity contribution in [1.29, 1.82) is 0 Å². The molecule has 0 fully saturated rings. The molecule has 0 unspecified atom stereocenters. The molecular weight excluding hydrogens is 282 g/mol. The van der Waals surface area contributed by atoms with Gasteiger partial charge in [-0.05, 0) is 12.1 Å². The number of carbonyl (C=O) groups excluding carboxylic acids is 1. The predicted molar refractivity (Wildman–Crippen MR) is 80.7 cm³/mol. The van der Waals surface area contributed by atoms with E-state index in [-0.39, 0.29) is 5.91 Å². The maximum atomic E-state index is 11.9. The maximum absolute atomic E-state index is 11.9. The van der Waals surface area contributed by atoms with Crippen LogP contribution < -0.4 is 14.8 Å². The van der Waals surface area contributed by atoms with E-state index in [2.05, 4.69) is 10.4 Å². The molecule has 0 radical (unpaired) electrons. The Kier molecular flexibility index (Phi) is 4.58. The van der Waals surface area contributed by atoms with Crippen LogP contribution in [-0.4, -0.2) is 28.9 Å². The first-order valence-corrected chi connectivity index (χ1v) is 7.44. The van der Waals surface area contributed by atoms with Crippen LogP contribution in [0.25, 0.3) is 0 Å². The third-order valence-corrected chi connectivity index (χ3v) is 3.46. The molecule has 0 spiro atoms. The van der Waals surface area contributed by atoms with Crippen LogP contribution in [-0.2, 0) is 17.9 Å². The highest BCUT2D eigenvalue weighted by molar-refractivity contribution is 5.75. The lowest BCUT2D eigenvalue weighted by Crippen LogP contribution is -2.24. The summed E-state index contributed by atoms with van der Waals surface area (Å²) in [7, 11) is 0. The van der Waals surface area contributed by atoms with Crippen molar-refractivity contribution in [2.75, 3.05) is 13.2 Å². The first-order valence-electron chi connectivity index (χ1n) is 7.44. The number of aromatic nitrogens is 2. The van der Waals surface area contributed by atoms with E-state index in [1.807, 2.05) is 30.5 Å². The zero-order chi connectivity index (χ0) is 15.2. The molecule has 0 saturated carbocycles. The molecule has 22 heavy (non-hydrogen) atoms. The Hall–Kier alpha value is -2.50. The van der Waals surface area contributed by atoms with Gasteiger partial charge < -0.3 is 14.8 Å². The van der Waals surface area contributed by atoms with E-state index in [1.54, 1.807) is 10.9 Å². The Balaban J connectivity index is 1.56. The lowest BCUT2D eigenvalue weighted by molar-refractivity contribution is -0.121. The molecule has 1 aliphatic rings. The molecule has 2 heterocycles. The smallest absolute Gasteiger partial charge is 0.222 e. The fourth-order valence-electron chi connectivity index (χ4n) is 2.32. The quantitative estimate of drug-likeness (QED) is 0.914. The van der Waals surface area contributed by atoms with Crippen LogP contribution in [0.3, 0.4) is 0 Å². The third-order valence-electron chi connectivity index (χ3n) is 3.46. The Morgan fingerprint density at radius 1 is 1.27 bits per heavy atom. The van der Waals surface area contributed by atoms with E-state index < -0.39 is 0 Å². The Morgan fingerprint density at radius 2 is 2.18 bits per heavy atom. The van der Waals surface area contributed by atoms with Crippen molar-refractivity contribution in [2.24, 2.45) is 0 Å². The zero-order valence-corrected chi connectivity index (χ0v) is 12.3. The molecule has 2 aromatic rings. The standard InChI is InChI=1S/C16H19N3O3/c20-15(6-9-19-8-2-7-18-19)17-12-13-4-1-5-14-16(13)22-11-3-10-21-14/h1-2,4-5,7-8H,3,6,9-12H2,(H,17,20). The fraction of sp³-hybridized carbons (Fsp3) is 0.375. The zero-order valence-electron chi connectivity index (χ0n) is 12.3. The SMILES string of the molecule is O=C(CCn1cccn1)NCc1cccc2c1OCCCO2. The van der Waals surface area contributed by atoms with Gasteiger partial charge in [-0.15, -0.1) is 0 Å². The average Bonchev–Trinajstić information content (AvgIpc) is 2.94. The Morgan fingerprint density at radius 3 is 3.05 bits per heavy atom. The van der Waals surface area contributed by atoms with Gasteiger partial charge >= 0.3 is 0 Å². The molecule has 0 saturated heterocycles. The number of rotatable bonds is 5. The number of amides is 1. The first-order chi connectivity index (χ1) is 10.8. The van der Waals surface area contributed by atoms with Gasteiger partial charge in [0.1, 0.15) is 0 Å². The summed E-state index contributed by atoms with van der Waals surface area (Å²) in [6.45, 7) is 2.31. The van der Waals surface area contributed by atoms with E-state index in [1.165, 1.54) is 0 Å². The van der Waals surface area contributed by atoms with Crippen LogP contribution in [0, 0.1) is 0 Å². The summed E-state index contributed by atoms with van der Waals surface area (Å²) in [5, 5.41) is 6.99. The minimum Gasteiger partial charge on any atom is -0.490 e. The third kappa shape index (κ3) is 3.58. The highest BCUT2D eigenvalue weighted by atomic mass is 16.5. The Bertz CT molecular complexity index is 626. The van der Waals surface area contributed by atoms with Gasteiger partial charge in [-0.3, -0.25) is 9.48 Å². The van der Waals surface area contributed by atoms with Gasteiger partial charge in [-0.1, -0.05) is 12.1 Å². The molecule has 116 valence electrons. The van der Waals surface area contributed by atoms with Crippen molar-refractivity contribution in [3.05, 3.63) is 42.2 Å². The molecule has 1 N–H and O–H groups in total. The molecule has 0 aliphatic carbocycles. The van der Waals surface area contributed by atoms with Crippen molar-refractivity contribution in [3.63, 3.8) is 0 Å². The number of hydrogen-bond acceptors (Lipinski definition) is 4. The number of fused-ring (bicyclic) bond motifs is 1. The molecule has 3 rings (SSSR count). The normalized spacial score (nSPS) is 13.5. The Labute approximate surface area is 129 Å². The van der Waals surface area contributed by atoms with E-state index >= 15 is 0 Å². The molecular formula is C16H19N3O3. The van der Waals surface area contributed by atoms with Crippen LogP contribution in [0.5, 0.6) is 11.5 Å². The van der Waals surface area contributed by atoms with Crippen molar-refractivity contribution in [1.82, 2.24) is 15.1 Å². The predicted octanol–water partition coefficient (Wildman–Crippen LogP) is 1.75. The van der Waals surface area contributed by atoms with Crippen molar-refractivity contribution < 1.29 is 14.3 Å². The molecule has 1 aromatic carbocycles. The largest absolute Gasteiger partial charge is 0.490 e. The van der Waals surface area contributed by atoms with Crippen LogP contribution in [0.1, 0.15) is 18.4 Å². The van der Waals surface area contributed by atoms with Gasteiger partial charge in [0.2, 0.25) is 5.91 Å². The van der Waals surface area contributed by atoms with Crippen molar-refractivity contribution >= 4 is 5.91 Å². The second-order valence-electron chi connectivity index (χ2n) is 5.09. The van der Waals surface area contributed by atoms with Gasteiger partial charge in [-0.2, -0.15) is 5.10 Å². The second-order valence-corrected chi connectivity index (χ2v) is 5.09. The first kappa shape index (κ1) is 14.4. The summed E-state index contributed by atoms with van der Waals surface area (Å²) >= 11 is 0. The van der Waals surface area contributed by atoms with Crippen molar-refractivity contribution in [3.8, 4) is 11.5 Å². The summed E-state index contributed by atoms with van der Waals surface area (Å²) in [6.07, 6.45) is 4.81. The van der Waals surface area contributed by atoms with E-state index in [4.69, 9.17) is 9.47 Å². The number of nitrogens with zero attached hydrogens (tertiary/aromatic N) is 2. The summed E-state index contributed by atoms with van der Waals surface area (Å²) in [4.78, 5) is 11.9. The van der Waals surface area contributed by atoms with Gasteiger partial charge in [0.25, 0.3) is 0 Å². The molecule has 1 aliphatic heterocycles. The van der Waals surface area contributed by atoms with Gasteiger partial charge in [0.05, 0.1) is 13.2 Å². The van der Waals surface area contributed by atoms with Crippen LogP contribution in [0.2, 0.25) is 0 Å². The number of para-hydroxylation sites is 1. The number of nitrogens with one attached hydrogen (secondary N) is 1. The van der Waals surface area contributed by atoms with E-state index in [0.717, 1.165) is 23.5 Å². The maximum Gasteiger partial charge on any atom is 0.222 e. The van der Waals surface area contributed by atoms with E-state index in [0.29, 0.717) is 32.7 Å². The summed E-state index contributed by atoms with van der Waals surface area (Å²) < 4.78 is 13.1. The van der Waals surface area contributed by atoms with Crippen molar-refractivity contribution in [2.45, 2.75) is 25.9 Å². The highest BCUT2D eigenvalue weighted by Gasteiger charge is 2.14. The van der Waals surface area contributed by atoms with Gasteiger partial charge in [0, 0.05) is 43.9 Å². The number of ether oxygens (including phenoxy) is 2. The van der Waals surface area contributed by atoms with Gasteiger partial charge in [0.15, 0.2) is 11.5 Å².